The molecule has 2 aromatic heterocycles. The van der Waals surface area contributed by atoms with E-state index < -0.39 is 0 Å². The molecule has 18 heavy (non-hydrogen) atoms. The normalized spacial score (nSPS) is 10.3. The van der Waals surface area contributed by atoms with E-state index in [4.69, 9.17) is 18.0 Å². The topological polar surface area (TPSA) is 63.8 Å². The zero-order valence-corrected chi connectivity index (χ0v) is 11.6. The zero-order chi connectivity index (χ0) is 13.0. The van der Waals surface area contributed by atoms with Crippen molar-refractivity contribution in [2.24, 2.45) is 5.73 Å². The van der Waals surface area contributed by atoms with Crippen LogP contribution in [0.4, 0.5) is 5.82 Å². The van der Waals surface area contributed by atoms with E-state index in [0.717, 1.165) is 34.9 Å². The van der Waals surface area contributed by atoms with Crippen molar-refractivity contribution in [2.75, 3.05) is 11.9 Å². The molecule has 6 heteroatoms. The van der Waals surface area contributed by atoms with Crippen LogP contribution in [0.1, 0.15) is 16.1 Å². The third-order valence-corrected chi connectivity index (χ3v) is 3.56. The summed E-state index contributed by atoms with van der Waals surface area (Å²) >= 11 is 6.70. The Morgan fingerprint density at radius 1 is 1.44 bits per heavy atom. The summed E-state index contributed by atoms with van der Waals surface area (Å²) < 4.78 is 0. The second kappa shape index (κ2) is 5.88. The third-order valence-electron chi connectivity index (χ3n) is 2.52. The predicted molar refractivity (Wildman–Crippen MR) is 79.2 cm³/mol. The Morgan fingerprint density at radius 3 is 2.94 bits per heavy atom. The van der Waals surface area contributed by atoms with E-state index in [1.165, 1.54) is 0 Å². The first-order chi connectivity index (χ1) is 8.68. The van der Waals surface area contributed by atoms with Crippen LogP contribution in [0.5, 0.6) is 0 Å². The maximum atomic E-state index is 5.72. The molecule has 0 aliphatic carbocycles. The van der Waals surface area contributed by atoms with Crippen LogP contribution in [0.3, 0.4) is 0 Å². The van der Waals surface area contributed by atoms with Crippen molar-refractivity contribution >= 4 is 34.4 Å². The summed E-state index contributed by atoms with van der Waals surface area (Å²) in [6.45, 7) is 2.74. The quantitative estimate of drug-likeness (QED) is 0.820. The van der Waals surface area contributed by atoms with E-state index in [-0.39, 0.29) is 0 Å². The Morgan fingerprint density at radius 2 is 2.28 bits per heavy atom. The number of nitrogens with zero attached hydrogens (tertiary/aromatic N) is 2. The summed E-state index contributed by atoms with van der Waals surface area (Å²) in [4.78, 5) is 8.89. The number of nitrogens with one attached hydrogen (secondary N) is 1. The number of rotatable bonds is 5. The third kappa shape index (κ3) is 3.02. The van der Waals surface area contributed by atoms with Gasteiger partial charge in [0.25, 0.3) is 0 Å². The Balaban J connectivity index is 2.05. The molecule has 0 aliphatic heterocycles. The number of aromatic nitrogens is 2. The minimum atomic E-state index is 0.373. The van der Waals surface area contributed by atoms with E-state index in [1.807, 2.05) is 24.6 Å². The number of pyridine rings is 1. The second-order valence-electron chi connectivity index (χ2n) is 3.82. The fourth-order valence-electron chi connectivity index (χ4n) is 1.67. The summed E-state index contributed by atoms with van der Waals surface area (Å²) in [6, 6.07) is 1.90. The first kappa shape index (κ1) is 12.9. The van der Waals surface area contributed by atoms with Crippen LogP contribution in [-0.2, 0) is 6.42 Å². The van der Waals surface area contributed by atoms with Crippen LogP contribution in [0, 0.1) is 6.92 Å². The fourth-order valence-corrected chi connectivity index (χ4v) is 2.55. The van der Waals surface area contributed by atoms with Gasteiger partial charge in [-0.1, -0.05) is 12.2 Å². The monoisotopic (exact) mass is 278 g/mol. The summed E-state index contributed by atoms with van der Waals surface area (Å²) in [7, 11) is 0. The molecule has 0 aromatic carbocycles. The first-order valence-electron chi connectivity index (χ1n) is 5.56. The lowest BCUT2D eigenvalue weighted by molar-refractivity contribution is 0.985. The lowest BCUT2D eigenvalue weighted by Crippen LogP contribution is -2.17. The maximum Gasteiger partial charge on any atom is 0.136 e. The van der Waals surface area contributed by atoms with E-state index in [9.17, 15) is 0 Å². The molecule has 0 atom stereocenters. The smallest absolute Gasteiger partial charge is 0.136 e. The van der Waals surface area contributed by atoms with Gasteiger partial charge in [-0.25, -0.2) is 9.97 Å². The highest BCUT2D eigenvalue weighted by Gasteiger charge is 2.09. The van der Waals surface area contributed by atoms with Crippen molar-refractivity contribution in [3.63, 3.8) is 0 Å². The van der Waals surface area contributed by atoms with Gasteiger partial charge in [-0.05, 0) is 18.6 Å². The van der Waals surface area contributed by atoms with Gasteiger partial charge in [0.05, 0.1) is 10.6 Å². The zero-order valence-electron chi connectivity index (χ0n) is 10.0. The number of aryl methyl sites for hydroxylation is 1. The summed E-state index contributed by atoms with van der Waals surface area (Å²) in [6.07, 6.45) is 4.43. The second-order valence-corrected chi connectivity index (χ2v) is 5.24. The Labute approximate surface area is 115 Å². The minimum Gasteiger partial charge on any atom is -0.389 e. The summed E-state index contributed by atoms with van der Waals surface area (Å²) in [5, 5.41) is 6.34. The number of hydrogen-bond acceptors (Lipinski definition) is 5. The van der Waals surface area contributed by atoms with Crippen LogP contribution in [0.25, 0.3) is 0 Å². The van der Waals surface area contributed by atoms with Gasteiger partial charge in [0, 0.05) is 30.7 Å². The summed E-state index contributed by atoms with van der Waals surface area (Å²) in [5.41, 5.74) is 7.58. The molecule has 0 amide bonds. The summed E-state index contributed by atoms with van der Waals surface area (Å²) in [5.74, 6) is 0.749. The van der Waals surface area contributed by atoms with Gasteiger partial charge >= 0.3 is 0 Å². The van der Waals surface area contributed by atoms with Gasteiger partial charge < -0.3 is 11.1 Å². The molecule has 2 heterocycles. The molecule has 0 fully saturated rings. The highest BCUT2D eigenvalue weighted by Crippen LogP contribution is 2.16. The predicted octanol–water partition coefficient (Wildman–Crippen LogP) is 2.14. The largest absolute Gasteiger partial charge is 0.389 e. The SMILES string of the molecule is Cc1ccnc(NCCc2nccs2)c1C(N)=S. The Hall–Kier alpha value is -1.53. The van der Waals surface area contributed by atoms with Crippen molar-refractivity contribution < 1.29 is 0 Å². The van der Waals surface area contributed by atoms with Crippen LogP contribution in [0.15, 0.2) is 23.8 Å². The molecule has 0 bridgehead atoms. The fraction of sp³-hybridized carbons (Fsp3) is 0.250. The molecule has 4 nitrogen and oxygen atoms in total. The van der Waals surface area contributed by atoms with Gasteiger partial charge in [0.1, 0.15) is 10.8 Å². The molecule has 0 radical (unpaired) electrons. The number of hydrogen-bond donors (Lipinski definition) is 2. The Bertz CT molecular complexity index is 537. The molecule has 0 saturated heterocycles. The van der Waals surface area contributed by atoms with Crippen molar-refractivity contribution in [1.29, 1.82) is 0 Å². The van der Waals surface area contributed by atoms with E-state index >= 15 is 0 Å². The van der Waals surface area contributed by atoms with Gasteiger partial charge in [0.15, 0.2) is 0 Å². The molecular formula is C12H14N4S2. The average molecular weight is 278 g/mol. The van der Waals surface area contributed by atoms with Crippen molar-refractivity contribution in [3.05, 3.63) is 40.0 Å². The highest BCUT2D eigenvalue weighted by atomic mass is 32.1. The van der Waals surface area contributed by atoms with Crippen molar-refractivity contribution in [3.8, 4) is 0 Å². The van der Waals surface area contributed by atoms with Gasteiger partial charge in [-0.2, -0.15) is 0 Å². The van der Waals surface area contributed by atoms with E-state index in [2.05, 4.69) is 15.3 Å². The molecule has 3 N–H and O–H groups in total. The number of thiocarbonyl (C=S) groups is 1. The lowest BCUT2D eigenvalue weighted by Gasteiger charge is -2.11. The highest BCUT2D eigenvalue weighted by molar-refractivity contribution is 7.80. The maximum absolute atomic E-state index is 5.72. The molecular weight excluding hydrogens is 264 g/mol. The van der Waals surface area contributed by atoms with Gasteiger partial charge in [-0.15, -0.1) is 11.3 Å². The molecule has 2 rings (SSSR count). The lowest BCUT2D eigenvalue weighted by atomic mass is 10.1. The molecule has 0 spiro atoms. The van der Waals surface area contributed by atoms with Crippen LogP contribution < -0.4 is 11.1 Å². The average Bonchev–Trinajstić information content (AvgIpc) is 2.81. The van der Waals surface area contributed by atoms with Crippen molar-refractivity contribution in [1.82, 2.24) is 9.97 Å². The molecule has 94 valence electrons. The molecule has 0 aliphatic rings. The first-order valence-corrected chi connectivity index (χ1v) is 6.85. The minimum absolute atomic E-state index is 0.373. The molecule has 0 unspecified atom stereocenters. The van der Waals surface area contributed by atoms with Crippen LogP contribution >= 0.6 is 23.6 Å². The number of anilines is 1. The standard InChI is InChI=1S/C12H14N4S2/c1-8-2-4-15-12(10(8)11(13)17)16-5-3-9-14-6-7-18-9/h2,4,6-7H,3,5H2,1H3,(H2,13,17)(H,15,16). The number of nitrogens with two attached hydrogens (primary N) is 1. The Kier molecular flexibility index (Phi) is 4.22. The van der Waals surface area contributed by atoms with Crippen LogP contribution in [-0.4, -0.2) is 21.5 Å². The van der Waals surface area contributed by atoms with E-state index in [1.54, 1.807) is 17.5 Å². The van der Waals surface area contributed by atoms with E-state index in [0.29, 0.717) is 4.99 Å². The molecule has 0 saturated carbocycles. The number of thiazole rings is 1. The molecule has 2 aromatic rings. The van der Waals surface area contributed by atoms with Gasteiger partial charge in [-0.3, -0.25) is 0 Å². The van der Waals surface area contributed by atoms with Gasteiger partial charge in [0.2, 0.25) is 0 Å². The van der Waals surface area contributed by atoms with Crippen molar-refractivity contribution in [2.45, 2.75) is 13.3 Å². The van der Waals surface area contributed by atoms with Crippen LogP contribution in [0.2, 0.25) is 0 Å².